The zero-order valence-corrected chi connectivity index (χ0v) is 18.1. The molecule has 1 atom stereocenters. The second-order valence-electron chi connectivity index (χ2n) is 7.67. The molecule has 2 nitrogen and oxygen atoms in total. The summed E-state index contributed by atoms with van der Waals surface area (Å²) in [6.45, 7) is 10.8. The van der Waals surface area contributed by atoms with Crippen molar-refractivity contribution in [2.45, 2.75) is 123 Å². The minimum Gasteiger partial charge on any atom is -0.378 e. The summed E-state index contributed by atoms with van der Waals surface area (Å²) in [6, 6.07) is 0. The van der Waals surface area contributed by atoms with Crippen molar-refractivity contribution in [3.05, 3.63) is 12.7 Å². The minimum absolute atomic E-state index is 0.0635. The van der Waals surface area contributed by atoms with Gasteiger partial charge in [0.15, 0.2) is 0 Å². The highest BCUT2D eigenvalue weighted by molar-refractivity contribution is 4.79. The quantitative estimate of drug-likeness (QED) is 0.143. The largest absolute Gasteiger partial charge is 0.378 e. The highest BCUT2D eigenvalue weighted by Gasteiger charge is 2.04. The maximum atomic E-state index is 5.88. The van der Waals surface area contributed by atoms with Gasteiger partial charge in [-0.05, 0) is 12.8 Å². The van der Waals surface area contributed by atoms with Crippen molar-refractivity contribution in [2.75, 3.05) is 19.8 Å². The van der Waals surface area contributed by atoms with Gasteiger partial charge in [-0.1, -0.05) is 110 Å². The summed E-state index contributed by atoms with van der Waals surface area (Å²) in [5.74, 6) is 0. The Hall–Kier alpha value is -0.340. The van der Waals surface area contributed by atoms with E-state index in [1.165, 1.54) is 96.3 Å². The first-order valence-electron chi connectivity index (χ1n) is 11.7. The van der Waals surface area contributed by atoms with Gasteiger partial charge in [0.1, 0.15) is 0 Å². The third kappa shape index (κ3) is 20.0. The van der Waals surface area contributed by atoms with Crippen LogP contribution in [0.3, 0.4) is 0 Å². The monoisotopic (exact) mass is 368 g/mol. The molecular weight excluding hydrogens is 320 g/mol. The van der Waals surface area contributed by atoms with E-state index in [4.69, 9.17) is 9.47 Å². The first-order valence-corrected chi connectivity index (χ1v) is 11.7. The van der Waals surface area contributed by atoms with Gasteiger partial charge in [-0.25, -0.2) is 0 Å². The average molecular weight is 369 g/mol. The van der Waals surface area contributed by atoms with Crippen molar-refractivity contribution < 1.29 is 9.47 Å². The number of hydrogen-bond acceptors (Lipinski definition) is 2. The Bertz CT molecular complexity index is 265. The van der Waals surface area contributed by atoms with Crippen LogP contribution in [0.5, 0.6) is 0 Å². The van der Waals surface area contributed by atoms with E-state index >= 15 is 0 Å². The van der Waals surface area contributed by atoms with Crippen LogP contribution in [-0.2, 0) is 9.47 Å². The number of unbranched alkanes of at least 4 members (excludes halogenated alkanes) is 14. The Morgan fingerprint density at radius 3 is 1.50 bits per heavy atom. The molecule has 0 aromatic carbocycles. The van der Waals surface area contributed by atoms with Gasteiger partial charge in [0.25, 0.3) is 0 Å². The lowest BCUT2D eigenvalue weighted by Crippen LogP contribution is -2.18. The molecule has 0 saturated heterocycles. The van der Waals surface area contributed by atoms with E-state index in [1.807, 2.05) is 6.08 Å². The van der Waals surface area contributed by atoms with E-state index in [-0.39, 0.29) is 6.10 Å². The van der Waals surface area contributed by atoms with Crippen molar-refractivity contribution in [3.8, 4) is 0 Å². The van der Waals surface area contributed by atoms with E-state index in [1.54, 1.807) is 0 Å². The van der Waals surface area contributed by atoms with Gasteiger partial charge in [0, 0.05) is 13.2 Å². The first kappa shape index (κ1) is 25.7. The van der Waals surface area contributed by atoms with E-state index in [9.17, 15) is 0 Å². The molecule has 156 valence electrons. The Kier molecular flexibility index (Phi) is 22.4. The molecule has 2 heteroatoms. The van der Waals surface area contributed by atoms with Gasteiger partial charge in [-0.2, -0.15) is 0 Å². The molecule has 0 aliphatic rings. The summed E-state index contributed by atoms with van der Waals surface area (Å²) < 4.78 is 11.6. The van der Waals surface area contributed by atoms with Crippen LogP contribution in [0.4, 0.5) is 0 Å². The van der Waals surface area contributed by atoms with Gasteiger partial charge >= 0.3 is 0 Å². The van der Waals surface area contributed by atoms with E-state index in [2.05, 4.69) is 20.4 Å². The normalized spacial score (nSPS) is 12.4. The summed E-state index contributed by atoms with van der Waals surface area (Å²) in [6.07, 6.45) is 23.4. The van der Waals surface area contributed by atoms with Crippen molar-refractivity contribution in [2.24, 2.45) is 0 Å². The van der Waals surface area contributed by atoms with Crippen LogP contribution in [0.15, 0.2) is 12.7 Å². The second-order valence-corrected chi connectivity index (χ2v) is 7.67. The molecule has 0 aliphatic carbocycles. The molecule has 0 saturated carbocycles. The fraction of sp³-hybridized carbons (Fsp3) is 0.917. The SMILES string of the molecule is C=CC(COCCCCCCCCCC)OCCCCCCCCCC. The van der Waals surface area contributed by atoms with E-state index in [0.717, 1.165) is 19.6 Å². The summed E-state index contributed by atoms with van der Waals surface area (Å²) in [4.78, 5) is 0. The van der Waals surface area contributed by atoms with Gasteiger partial charge < -0.3 is 9.47 Å². The molecule has 0 spiro atoms. The Morgan fingerprint density at radius 2 is 1.04 bits per heavy atom. The standard InChI is InChI=1S/C24H48O2/c1-4-7-9-11-13-15-17-19-21-25-23-24(6-3)26-22-20-18-16-14-12-10-8-5-2/h6,24H,3-5,7-23H2,1-2H3. The second kappa shape index (κ2) is 22.7. The maximum Gasteiger partial charge on any atom is 0.0986 e. The molecule has 26 heavy (non-hydrogen) atoms. The van der Waals surface area contributed by atoms with Gasteiger partial charge in [0.2, 0.25) is 0 Å². The van der Waals surface area contributed by atoms with Gasteiger partial charge in [-0.15, -0.1) is 6.58 Å². The fourth-order valence-electron chi connectivity index (χ4n) is 3.19. The zero-order valence-electron chi connectivity index (χ0n) is 18.1. The molecule has 0 N–H and O–H groups in total. The maximum absolute atomic E-state index is 5.88. The minimum atomic E-state index is 0.0635. The molecular formula is C24H48O2. The molecule has 0 amide bonds. The summed E-state index contributed by atoms with van der Waals surface area (Å²) >= 11 is 0. The number of rotatable bonds is 22. The van der Waals surface area contributed by atoms with Crippen LogP contribution >= 0.6 is 0 Å². The predicted octanol–water partition coefficient (Wildman–Crippen LogP) is 7.86. The smallest absolute Gasteiger partial charge is 0.0986 e. The number of ether oxygens (including phenoxy) is 2. The number of hydrogen-bond donors (Lipinski definition) is 0. The Balaban J connectivity index is 3.29. The lowest BCUT2D eigenvalue weighted by molar-refractivity contribution is 0.00602. The van der Waals surface area contributed by atoms with Crippen LogP contribution in [-0.4, -0.2) is 25.9 Å². The highest BCUT2D eigenvalue weighted by Crippen LogP contribution is 2.10. The summed E-state index contributed by atoms with van der Waals surface area (Å²) in [5, 5.41) is 0. The zero-order chi connectivity index (χ0) is 19.1. The van der Waals surface area contributed by atoms with Crippen molar-refractivity contribution >= 4 is 0 Å². The van der Waals surface area contributed by atoms with Crippen LogP contribution in [0, 0.1) is 0 Å². The molecule has 0 aromatic rings. The first-order chi connectivity index (χ1) is 12.8. The third-order valence-corrected chi connectivity index (χ3v) is 5.02. The molecule has 0 radical (unpaired) electrons. The predicted molar refractivity (Wildman–Crippen MR) is 116 cm³/mol. The van der Waals surface area contributed by atoms with Gasteiger partial charge in [-0.3, -0.25) is 0 Å². The molecule has 0 heterocycles. The third-order valence-electron chi connectivity index (χ3n) is 5.02. The van der Waals surface area contributed by atoms with Gasteiger partial charge in [0.05, 0.1) is 12.7 Å². The lowest BCUT2D eigenvalue weighted by Gasteiger charge is -2.14. The highest BCUT2D eigenvalue weighted by atomic mass is 16.5. The molecule has 0 aromatic heterocycles. The molecule has 1 unspecified atom stereocenters. The summed E-state index contributed by atoms with van der Waals surface area (Å²) in [7, 11) is 0. The Morgan fingerprint density at radius 1 is 0.615 bits per heavy atom. The van der Waals surface area contributed by atoms with Crippen LogP contribution in [0.1, 0.15) is 117 Å². The molecule has 0 bridgehead atoms. The van der Waals surface area contributed by atoms with Crippen LogP contribution < -0.4 is 0 Å². The van der Waals surface area contributed by atoms with E-state index in [0.29, 0.717) is 6.61 Å². The Labute approximate surface area is 165 Å². The van der Waals surface area contributed by atoms with Crippen molar-refractivity contribution in [1.29, 1.82) is 0 Å². The average Bonchev–Trinajstić information content (AvgIpc) is 2.66. The topological polar surface area (TPSA) is 18.5 Å². The van der Waals surface area contributed by atoms with Crippen LogP contribution in [0.25, 0.3) is 0 Å². The lowest BCUT2D eigenvalue weighted by atomic mass is 10.1. The molecule has 0 fully saturated rings. The fourth-order valence-corrected chi connectivity index (χ4v) is 3.19. The molecule has 0 rings (SSSR count). The van der Waals surface area contributed by atoms with E-state index < -0.39 is 0 Å². The van der Waals surface area contributed by atoms with Crippen LogP contribution in [0.2, 0.25) is 0 Å². The van der Waals surface area contributed by atoms with Crippen molar-refractivity contribution in [1.82, 2.24) is 0 Å². The molecule has 0 aliphatic heterocycles. The van der Waals surface area contributed by atoms with Crippen molar-refractivity contribution in [3.63, 3.8) is 0 Å². The summed E-state index contributed by atoms with van der Waals surface area (Å²) in [5.41, 5.74) is 0.